The number of nitrogen functional groups attached to an aromatic ring is 1. The number of carboxylic acid groups (broad SMARTS) is 2. The Bertz CT molecular complexity index is 1080. The van der Waals surface area contributed by atoms with Gasteiger partial charge in [-0.1, -0.05) is 12.1 Å². The minimum absolute atomic E-state index is 0.100. The van der Waals surface area contributed by atoms with E-state index >= 15 is 0 Å². The van der Waals surface area contributed by atoms with Gasteiger partial charge in [-0.2, -0.15) is 0 Å². The number of H-pyrrole nitrogens is 1. The fraction of sp³-hybridized carbons (Fsp3) is 0. The zero-order chi connectivity index (χ0) is 19.6. The summed E-state index contributed by atoms with van der Waals surface area (Å²) in [5, 5.41) is 18.8. The highest BCUT2D eigenvalue weighted by molar-refractivity contribution is 6.07. The Kier molecular flexibility index (Phi) is 4.54. The molecule has 0 saturated heterocycles. The highest BCUT2D eigenvalue weighted by Gasteiger charge is 2.26. The second-order valence-electron chi connectivity index (χ2n) is 5.26. The quantitative estimate of drug-likeness (QED) is 0.522. The van der Waals surface area contributed by atoms with Crippen LogP contribution in [0.4, 0.5) is 5.82 Å². The normalized spacial score (nSPS) is 10.4. The molecule has 0 aliphatic carbocycles. The van der Waals surface area contributed by atoms with Gasteiger partial charge in [0.1, 0.15) is 22.7 Å². The third kappa shape index (κ3) is 3.44. The number of pyridine rings is 1. The maximum absolute atomic E-state index is 12.0. The van der Waals surface area contributed by atoms with Gasteiger partial charge in [0.2, 0.25) is 0 Å². The number of aromatic nitrogens is 3. The lowest BCUT2D eigenvalue weighted by Crippen LogP contribution is -2.24. The molecule has 0 amide bonds. The van der Waals surface area contributed by atoms with Gasteiger partial charge in [-0.25, -0.2) is 19.6 Å². The molecule has 0 fully saturated rings. The van der Waals surface area contributed by atoms with Crippen molar-refractivity contribution >= 4 is 17.8 Å². The molecule has 0 unspecified atom stereocenters. The van der Waals surface area contributed by atoms with Crippen LogP contribution in [-0.4, -0.2) is 37.1 Å². The van der Waals surface area contributed by atoms with Gasteiger partial charge in [-0.3, -0.25) is 4.79 Å². The number of benzene rings is 1. The van der Waals surface area contributed by atoms with Crippen molar-refractivity contribution in [2.24, 2.45) is 0 Å². The van der Waals surface area contributed by atoms with Gasteiger partial charge in [0.05, 0.1) is 0 Å². The summed E-state index contributed by atoms with van der Waals surface area (Å²) in [6.45, 7) is 0. The van der Waals surface area contributed by atoms with Gasteiger partial charge in [0.25, 0.3) is 5.56 Å². The molecule has 10 nitrogen and oxygen atoms in total. The predicted octanol–water partition coefficient (Wildman–Crippen LogP) is 1.60. The van der Waals surface area contributed by atoms with Crippen LogP contribution in [0.1, 0.15) is 20.7 Å². The molecule has 0 atom stereocenters. The molecule has 0 aliphatic rings. The number of aromatic carboxylic acids is 2. The number of aromatic amines is 1. The van der Waals surface area contributed by atoms with Crippen LogP contribution in [-0.2, 0) is 0 Å². The predicted molar refractivity (Wildman–Crippen MR) is 92.9 cm³/mol. The number of nitrogens with two attached hydrogens (primary N) is 1. The molecule has 3 rings (SSSR count). The molecule has 3 aromatic rings. The Morgan fingerprint density at radius 1 is 1.00 bits per heavy atom. The average Bonchev–Trinajstić information content (AvgIpc) is 2.62. The second-order valence-corrected chi connectivity index (χ2v) is 5.26. The molecule has 0 aliphatic heterocycles. The highest BCUT2D eigenvalue weighted by atomic mass is 16.5. The number of ether oxygens (including phenoxy) is 1. The van der Waals surface area contributed by atoms with Gasteiger partial charge in [0.15, 0.2) is 0 Å². The summed E-state index contributed by atoms with van der Waals surface area (Å²) in [6, 6.07) is 7.45. The zero-order valence-electron chi connectivity index (χ0n) is 13.5. The van der Waals surface area contributed by atoms with E-state index in [2.05, 4.69) is 9.97 Å². The van der Waals surface area contributed by atoms with Crippen molar-refractivity contribution in [3.8, 4) is 22.9 Å². The van der Waals surface area contributed by atoms with Crippen LogP contribution >= 0.6 is 0 Å². The minimum atomic E-state index is -1.58. The number of anilines is 1. The second kappa shape index (κ2) is 6.96. The standard InChI is InChI=1S/C17H12N4O6/c18-13-11(15(23)24)10(12(16(25)26)14(22)21-13)8-2-4-9(5-3-8)27-17-19-6-1-7-20-17/h1-7H,(H,23,24)(H,25,26)(H3,18,21,22). The average molecular weight is 368 g/mol. The maximum atomic E-state index is 12.0. The SMILES string of the molecule is Nc1[nH]c(=O)c(C(=O)O)c(-c2ccc(Oc3ncccn3)cc2)c1C(=O)O. The van der Waals surface area contributed by atoms with Gasteiger partial charge in [0, 0.05) is 18.0 Å². The number of carbonyl (C=O) groups is 2. The van der Waals surface area contributed by atoms with Crippen LogP contribution < -0.4 is 16.0 Å². The van der Waals surface area contributed by atoms with Gasteiger partial charge < -0.3 is 25.7 Å². The summed E-state index contributed by atoms with van der Waals surface area (Å²) < 4.78 is 5.42. The molecule has 1 aromatic carbocycles. The summed E-state index contributed by atoms with van der Waals surface area (Å²) in [6.07, 6.45) is 2.99. The van der Waals surface area contributed by atoms with Crippen molar-refractivity contribution < 1.29 is 24.5 Å². The summed E-state index contributed by atoms with van der Waals surface area (Å²) in [7, 11) is 0. The van der Waals surface area contributed by atoms with Crippen LogP contribution in [0.3, 0.4) is 0 Å². The summed E-state index contributed by atoms with van der Waals surface area (Å²) in [5.74, 6) is -3.16. The van der Waals surface area contributed by atoms with Crippen molar-refractivity contribution in [1.29, 1.82) is 0 Å². The van der Waals surface area contributed by atoms with Crippen molar-refractivity contribution in [2.75, 3.05) is 5.73 Å². The van der Waals surface area contributed by atoms with E-state index in [-0.39, 0.29) is 17.1 Å². The molecular weight excluding hydrogens is 356 g/mol. The molecule has 0 radical (unpaired) electrons. The van der Waals surface area contributed by atoms with Crippen molar-refractivity contribution in [2.45, 2.75) is 0 Å². The van der Waals surface area contributed by atoms with Crippen LogP contribution in [0, 0.1) is 0 Å². The molecule has 0 bridgehead atoms. The van der Waals surface area contributed by atoms with Gasteiger partial charge in [-0.05, 0) is 23.8 Å². The molecule has 0 spiro atoms. The molecule has 5 N–H and O–H groups in total. The summed E-state index contributed by atoms with van der Waals surface area (Å²) >= 11 is 0. The first-order valence-corrected chi connectivity index (χ1v) is 7.46. The Hall–Kier alpha value is -4.21. The fourth-order valence-corrected chi connectivity index (χ4v) is 2.47. The van der Waals surface area contributed by atoms with Crippen molar-refractivity contribution in [3.63, 3.8) is 0 Å². The van der Waals surface area contributed by atoms with Crippen molar-refractivity contribution in [3.05, 3.63) is 64.2 Å². The van der Waals surface area contributed by atoms with E-state index in [1.807, 2.05) is 4.98 Å². The Morgan fingerprint density at radius 2 is 1.59 bits per heavy atom. The van der Waals surface area contributed by atoms with Gasteiger partial charge >= 0.3 is 17.9 Å². The summed E-state index contributed by atoms with van der Waals surface area (Å²) in [5.41, 5.74) is 3.24. The number of rotatable bonds is 5. The molecule has 136 valence electrons. The molecule has 0 saturated carbocycles. The van der Waals surface area contributed by atoms with E-state index in [0.717, 1.165) is 0 Å². The first-order chi connectivity index (χ1) is 12.9. The third-order valence-electron chi connectivity index (χ3n) is 3.57. The van der Waals surface area contributed by atoms with E-state index in [0.29, 0.717) is 5.75 Å². The van der Waals surface area contributed by atoms with Crippen LogP contribution in [0.25, 0.3) is 11.1 Å². The summed E-state index contributed by atoms with van der Waals surface area (Å²) in [4.78, 5) is 44.9. The van der Waals surface area contributed by atoms with Crippen molar-refractivity contribution in [1.82, 2.24) is 15.0 Å². The van der Waals surface area contributed by atoms with Crippen LogP contribution in [0.5, 0.6) is 11.8 Å². The molecule has 2 heterocycles. The first kappa shape index (κ1) is 17.6. The first-order valence-electron chi connectivity index (χ1n) is 7.46. The molecule has 2 aromatic heterocycles. The number of hydrogen-bond donors (Lipinski definition) is 4. The van der Waals surface area contributed by atoms with Crippen LogP contribution in [0.15, 0.2) is 47.5 Å². The largest absolute Gasteiger partial charge is 0.478 e. The monoisotopic (exact) mass is 368 g/mol. The smallest absolute Gasteiger partial charge is 0.342 e. The van der Waals surface area contributed by atoms with E-state index in [4.69, 9.17) is 10.5 Å². The fourth-order valence-electron chi connectivity index (χ4n) is 2.47. The van der Waals surface area contributed by atoms with E-state index in [1.54, 1.807) is 6.07 Å². The Labute approximate surface area is 150 Å². The lowest BCUT2D eigenvalue weighted by Gasteiger charge is -2.12. The third-order valence-corrected chi connectivity index (χ3v) is 3.57. The van der Waals surface area contributed by atoms with Crippen LogP contribution in [0.2, 0.25) is 0 Å². The van der Waals surface area contributed by atoms with Gasteiger partial charge in [-0.15, -0.1) is 0 Å². The van der Waals surface area contributed by atoms with E-state index < -0.39 is 34.4 Å². The lowest BCUT2D eigenvalue weighted by molar-refractivity contribution is 0.0695. The lowest BCUT2D eigenvalue weighted by atomic mass is 9.95. The topological polar surface area (TPSA) is 168 Å². The Balaban J connectivity index is 2.12. The Morgan fingerprint density at radius 3 is 2.15 bits per heavy atom. The minimum Gasteiger partial charge on any atom is -0.478 e. The number of nitrogens with zero attached hydrogens (tertiary/aromatic N) is 2. The zero-order valence-corrected chi connectivity index (χ0v) is 13.5. The van der Waals surface area contributed by atoms with E-state index in [1.165, 1.54) is 36.7 Å². The molecule has 10 heteroatoms. The molecular formula is C17H12N4O6. The van der Waals surface area contributed by atoms with E-state index in [9.17, 15) is 24.6 Å². The maximum Gasteiger partial charge on any atom is 0.342 e. The number of hydrogen-bond acceptors (Lipinski definition) is 7. The highest BCUT2D eigenvalue weighted by Crippen LogP contribution is 2.31. The molecule has 27 heavy (non-hydrogen) atoms. The number of nitrogens with one attached hydrogen (secondary N) is 1. The number of carboxylic acids is 2.